The molecule has 9 heteroatoms. The first-order valence-electron chi connectivity index (χ1n) is 7.62. The number of hydrogen-bond donors (Lipinski definition) is 4. The first kappa shape index (κ1) is 19.1. The minimum atomic E-state index is -1.39. The fraction of sp³-hybridized carbons (Fsp3) is 0.500. The third kappa shape index (κ3) is 4.45. The molecular weight excluding hydrogens is 334 g/mol. The van der Waals surface area contributed by atoms with Crippen LogP contribution in [0.2, 0.25) is 0 Å². The van der Waals surface area contributed by atoms with Crippen molar-refractivity contribution in [3.63, 3.8) is 0 Å². The van der Waals surface area contributed by atoms with Crippen molar-refractivity contribution >= 4 is 11.9 Å². The van der Waals surface area contributed by atoms with Crippen molar-refractivity contribution in [1.29, 1.82) is 0 Å². The normalized spacial score (nSPS) is 28.9. The van der Waals surface area contributed by atoms with E-state index in [0.29, 0.717) is 11.3 Å². The average Bonchev–Trinajstić information content (AvgIpc) is 2.60. The van der Waals surface area contributed by atoms with Crippen LogP contribution in [-0.2, 0) is 14.3 Å². The number of rotatable bonds is 5. The molecule has 1 amide bonds. The summed E-state index contributed by atoms with van der Waals surface area (Å²) in [7, 11) is 1.27. The van der Waals surface area contributed by atoms with E-state index in [1.54, 1.807) is 0 Å². The predicted octanol–water partition coefficient (Wildman–Crippen LogP) is -1.20. The van der Waals surface area contributed by atoms with E-state index in [4.69, 9.17) is 9.47 Å². The van der Waals surface area contributed by atoms with Gasteiger partial charge in [-0.1, -0.05) is 0 Å². The molecule has 1 fully saturated rings. The Morgan fingerprint density at radius 2 is 1.84 bits per heavy atom. The predicted molar refractivity (Wildman–Crippen MR) is 83.8 cm³/mol. The maximum Gasteiger partial charge on any atom is 0.337 e. The summed E-state index contributed by atoms with van der Waals surface area (Å²) in [5.74, 6) is -0.652. The number of carbonyl (C=O) groups is 2. The highest BCUT2D eigenvalue weighted by Gasteiger charge is 2.46. The number of benzene rings is 1. The number of nitrogens with one attached hydrogen (secondary N) is 1. The van der Waals surface area contributed by atoms with Crippen molar-refractivity contribution < 1.29 is 39.1 Å². The van der Waals surface area contributed by atoms with Crippen LogP contribution in [0.15, 0.2) is 24.3 Å². The van der Waals surface area contributed by atoms with Crippen molar-refractivity contribution in [1.82, 2.24) is 5.32 Å². The van der Waals surface area contributed by atoms with Crippen LogP contribution >= 0.6 is 0 Å². The minimum absolute atomic E-state index is 0.299. The van der Waals surface area contributed by atoms with E-state index in [1.807, 2.05) is 0 Å². The molecule has 1 heterocycles. The average molecular weight is 355 g/mol. The van der Waals surface area contributed by atoms with Gasteiger partial charge in [-0.2, -0.15) is 0 Å². The lowest BCUT2D eigenvalue weighted by Crippen LogP contribution is -2.65. The van der Waals surface area contributed by atoms with Crippen LogP contribution in [-0.4, -0.2) is 71.6 Å². The van der Waals surface area contributed by atoms with Gasteiger partial charge in [0.15, 0.2) is 0 Å². The molecule has 4 N–H and O–H groups in total. The SMILES string of the molecule is COC(=O)c1ccc(O[C@H]2O[C@@H](CO)[C@@H](O)[C@@H](O)[C@H]2NC(C)=O)cc1. The summed E-state index contributed by atoms with van der Waals surface area (Å²) in [4.78, 5) is 22.8. The standard InChI is InChI=1S/C16H21NO8/c1-8(19)17-12-14(21)13(20)11(7-18)25-16(12)24-10-5-3-9(4-6-10)15(22)23-2/h3-6,11-14,16,18,20-21H,7H2,1-2H3,(H,17,19)/t11-,12+,13+,14-,16-/m0/s1. The monoisotopic (exact) mass is 355 g/mol. The lowest BCUT2D eigenvalue weighted by atomic mass is 9.97. The van der Waals surface area contributed by atoms with Gasteiger partial charge in [0.25, 0.3) is 0 Å². The number of methoxy groups -OCH3 is 1. The lowest BCUT2D eigenvalue weighted by Gasteiger charge is -2.42. The summed E-state index contributed by atoms with van der Waals surface area (Å²) >= 11 is 0. The van der Waals surface area contributed by atoms with Gasteiger partial charge in [-0.15, -0.1) is 0 Å². The zero-order valence-electron chi connectivity index (χ0n) is 13.8. The molecule has 0 bridgehead atoms. The Morgan fingerprint density at radius 3 is 2.36 bits per heavy atom. The van der Waals surface area contributed by atoms with Crippen LogP contribution in [0, 0.1) is 0 Å². The Labute approximate surface area is 144 Å². The molecule has 1 aromatic carbocycles. The Hall–Kier alpha value is -2.20. The van der Waals surface area contributed by atoms with Crippen LogP contribution in [0.1, 0.15) is 17.3 Å². The Bertz CT molecular complexity index is 605. The number of ether oxygens (including phenoxy) is 3. The number of hydrogen-bond acceptors (Lipinski definition) is 8. The number of carbonyl (C=O) groups excluding carboxylic acids is 2. The Kier molecular flexibility index (Phi) is 6.32. The summed E-state index contributed by atoms with van der Waals surface area (Å²) in [5.41, 5.74) is 0.321. The van der Waals surface area contributed by atoms with Crippen LogP contribution in [0.5, 0.6) is 5.75 Å². The van der Waals surface area contributed by atoms with Crippen molar-refractivity contribution in [2.45, 2.75) is 37.6 Å². The highest BCUT2D eigenvalue weighted by Crippen LogP contribution is 2.24. The number of amides is 1. The molecule has 1 aliphatic rings. The first-order chi connectivity index (χ1) is 11.9. The van der Waals surface area contributed by atoms with E-state index < -0.39 is 49.1 Å². The highest BCUT2D eigenvalue weighted by atomic mass is 16.7. The van der Waals surface area contributed by atoms with Gasteiger partial charge in [-0.3, -0.25) is 4.79 Å². The Morgan fingerprint density at radius 1 is 1.20 bits per heavy atom. The first-order valence-corrected chi connectivity index (χ1v) is 7.62. The lowest BCUT2D eigenvalue weighted by molar-refractivity contribution is -0.244. The number of aliphatic hydroxyl groups is 3. The third-order valence-corrected chi connectivity index (χ3v) is 3.78. The molecule has 25 heavy (non-hydrogen) atoms. The van der Waals surface area contributed by atoms with Gasteiger partial charge < -0.3 is 34.8 Å². The summed E-state index contributed by atoms with van der Waals surface area (Å²) in [6.45, 7) is 0.714. The van der Waals surface area contributed by atoms with Crippen LogP contribution < -0.4 is 10.1 Å². The molecule has 2 rings (SSSR count). The molecule has 0 radical (unpaired) electrons. The topological polar surface area (TPSA) is 135 Å². The number of aliphatic hydroxyl groups excluding tert-OH is 3. The smallest absolute Gasteiger partial charge is 0.337 e. The molecule has 1 aromatic rings. The zero-order valence-corrected chi connectivity index (χ0v) is 13.8. The highest BCUT2D eigenvalue weighted by molar-refractivity contribution is 5.89. The molecule has 0 spiro atoms. The van der Waals surface area contributed by atoms with Crippen molar-refractivity contribution in [3.8, 4) is 5.75 Å². The van der Waals surface area contributed by atoms with Crippen LogP contribution in [0.3, 0.4) is 0 Å². The summed E-state index contributed by atoms with van der Waals surface area (Å²) in [6.07, 6.45) is -5.00. The summed E-state index contributed by atoms with van der Waals surface area (Å²) < 4.78 is 15.7. The van der Waals surface area contributed by atoms with Gasteiger partial charge in [0, 0.05) is 6.92 Å². The van der Waals surface area contributed by atoms with Crippen molar-refractivity contribution in [2.75, 3.05) is 13.7 Å². The van der Waals surface area contributed by atoms with E-state index in [9.17, 15) is 24.9 Å². The van der Waals surface area contributed by atoms with E-state index in [0.717, 1.165) is 0 Å². The molecule has 5 atom stereocenters. The van der Waals surface area contributed by atoms with Gasteiger partial charge in [-0.05, 0) is 24.3 Å². The minimum Gasteiger partial charge on any atom is -0.465 e. The van der Waals surface area contributed by atoms with Gasteiger partial charge in [0.1, 0.15) is 30.1 Å². The molecule has 1 saturated heterocycles. The number of esters is 1. The fourth-order valence-electron chi connectivity index (χ4n) is 2.49. The maximum atomic E-state index is 11.4. The quantitative estimate of drug-likeness (QED) is 0.484. The largest absolute Gasteiger partial charge is 0.465 e. The van der Waals surface area contributed by atoms with Gasteiger partial charge in [0.2, 0.25) is 12.2 Å². The van der Waals surface area contributed by atoms with Gasteiger partial charge in [-0.25, -0.2) is 4.79 Å². The van der Waals surface area contributed by atoms with Crippen LogP contribution in [0.4, 0.5) is 0 Å². The van der Waals surface area contributed by atoms with Gasteiger partial charge in [0.05, 0.1) is 19.3 Å². The summed E-state index contributed by atoms with van der Waals surface area (Å²) in [5, 5.41) is 31.9. The second-order valence-corrected chi connectivity index (χ2v) is 5.57. The molecular formula is C16H21NO8. The zero-order chi connectivity index (χ0) is 18.6. The maximum absolute atomic E-state index is 11.4. The fourth-order valence-corrected chi connectivity index (χ4v) is 2.49. The van der Waals surface area contributed by atoms with Gasteiger partial charge >= 0.3 is 5.97 Å². The second kappa shape index (κ2) is 8.26. The molecule has 9 nitrogen and oxygen atoms in total. The molecule has 0 saturated carbocycles. The third-order valence-electron chi connectivity index (χ3n) is 3.78. The van der Waals surface area contributed by atoms with E-state index >= 15 is 0 Å². The van der Waals surface area contributed by atoms with E-state index in [1.165, 1.54) is 38.3 Å². The van der Waals surface area contributed by atoms with E-state index in [2.05, 4.69) is 10.1 Å². The molecule has 0 aliphatic carbocycles. The summed E-state index contributed by atoms with van der Waals surface area (Å²) in [6, 6.07) is 4.89. The van der Waals surface area contributed by atoms with Crippen LogP contribution in [0.25, 0.3) is 0 Å². The van der Waals surface area contributed by atoms with Crippen molar-refractivity contribution in [2.24, 2.45) is 0 Å². The molecule has 1 aliphatic heterocycles. The molecule has 0 unspecified atom stereocenters. The molecule has 138 valence electrons. The van der Waals surface area contributed by atoms with Crippen molar-refractivity contribution in [3.05, 3.63) is 29.8 Å². The molecule has 0 aromatic heterocycles. The Balaban J connectivity index is 2.17. The second-order valence-electron chi connectivity index (χ2n) is 5.57. The van der Waals surface area contributed by atoms with E-state index in [-0.39, 0.29) is 0 Å².